The van der Waals surface area contributed by atoms with Gasteiger partial charge in [-0.2, -0.15) is 0 Å². The number of ether oxygens (including phenoxy) is 1. The Hall–Kier alpha value is -2.70. The predicted molar refractivity (Wildman–Crippen MR) is 128 cm³/mol. The molecule has 0 fully saturated rings. The van der Waals surface area contributed by atoms with Crippen molar-refractivity contribution in [3.8, 4) is 5.75 Å². The minimum atomic E-state index is -0.394. The van der Waals surface area contributed by atoms with Gasteiger partial charge in [0.05, 0.1) is 13.2 Å². The minimum absolute atomic E-state index is 0.209. The van der Waals surface area contributed by atoms with Gasteiger partial charge in [0.15, 0.2) is 5.76 Å². The number of hydrogen-bond acceptors (Lipinski definition) is 4. The van der Waals surface area contributed by atoms with E-state index in [9.17, 15) is 9.90 Å². The fourth-order valence-electron chi connectivity index (χ4n) is 3.80. The van der Waals surface area contributed by atoms with Gasteiger partial charge in [-0.25, -0.2) is 0 Å². The van der Waals surface area contributed by atoms with Gasteiger partial charge in [0.2, 0.25) is 0 Å². The molecule has 0 aromatic heterocycles. The summed E-state index contributed by atoms with van der Waals surface area (Å²) in [6, 6.07) is 23.0. The molecule has 3 aromatic carbocycles. The van der Waals surface area contributed by atoms with Gasteiger partial charge >= 0.3 is 0 Å². The number of halogens is 1. The molecule has 1 aliphatic heterocycles. The van der Waals surface area contributed by atoms with Gasteiger partial charge in [0.1, 0.15) is 5.75 Å². The monoisotopic (exact) mass is 495 g/mol. The molecule has 1 heterocycles. The quantitative estimate of drug-likeness (QED) is 0.411. The molecule has 6 heteroatoms. The van der Waals surface area contributed by atoms with Gasteiger partial charge < -0.3 is 14.7 Å². The van der Waals surface area contributed by atoms with Crippen molar-refractivity contribution in [1.29, 1.82) is 0 Å². The molecule has 1 N–H and O–H groups in total. The Kier molecular flexibility index (Phi) is 6.39. The zero-order valence-corrected chi connectivity index (χ0v) is 19.6. The summed E-state index contributed by atoms with van der Waals surface area (Å²) >= 11 is 5.16. The summed E-state index contributed by atoms with van der Waals surface area (Å²) in [6.07, 6.45) is 2.03. The first-order valence-corrected chi connectivity index (χ1v) is 11.8. The number of amides is 1. The smallest absolute Gasteiger partial charge is 0.290 e. The van der Waals surface area contributed by atoms with Crippen molar-refractivity contribution in [1.82, 2.24) is 4.90 Å². The van der Waals surface area contributed by atoms with Crippen molar-refractivity contribution in [2.75, 3.05) is 13.4 Å². The maximum absolute atomic E-state index is 13.2. The molecule has 1 atom stereocenters. The number of benzene rings is 3. The molecule has 158 valence electrons. The van der Waals surface area contributed by atoms with E-state index in [4.69, 9.17) is 4.74 Å². The third-order valence-electron chi connectivity index (χ3n) is 5.40. The highest BCUT2D eigenvalue weighted by Crippen LogP contribution is 2.44. The second-order valence-electron chi connectivity index (χ2n) is 7.23. The van der Waals surface area contributed by atoms with E-state index in [1.165, 1.54) is 4.90 Å². The van der Waals surface area contributed by atoms with E-state index < -0.39 is 6.04 Å². The summed E-state index contributed by atoms with van der Waals surface area (Å²) in [5.41, 5.74) is 3.35. The highest BCUT2D eigenvalue weighted by atomic mass is 79.9. The molecule has 0 radical (unpaired) electrons. The van der Waals surface area contributed by atoms with E-state index in [0.717, 1.165) is 26.9 Å². The van der Waals surface area contributed by atoms with E-state index in [2.05, 4.69) is 15.9 Å². The number of carbonyl (C=O) groups excluding carboxylic acids is 1. The van der Waals surface area contributed by atoms with E-state index in [0.29, 0.717) is 12.1 Å². The Morgan fingerprint density at radius 2 is 1.65 bits per heavy atom. The normalized spacial score (nSPS) is 16.2. The molecule has 1 aliphatic rings. The van der Waals surface area contributed by atoms with Crippen molar-refractivity contribution < 1.29 is 14.6 Å². The molecule has 1 unspecified atom stereocenters. The van der Waals surface area contributed by atoms with Gasteiger partial charge in [-0.05, 0) is 59.3 Å². The van der Waals surface area contributed by atoms with Crippen LogP contribution in [0.4, 0.5) is 0 Å². The molecule has 0 bridgehead atoms. The molecular weight excluding hydrogens is 474 g/mol. The molecule has 4 rings (SSSR count). The lowest BCUT2D eigenvalue weighted by atomic mass is 9.93. The van der Waals surface area contributed by atoms with Crippen molar-refractivity contribution in [2.24, 2.45) is 0 Å². The lowest BCUT2D eigenvalue weighted by Crippen LogP contribution is -2.29. The Morgan fingerprint density at radius 1 is 1.00 bits per heavy atom. The van der Waals surface area contributed by atoms with Crippen molar-refractivity contribution in [3.63, 3.8) is 0 Å². The van der Waals surface area contributed by atoms with Crippen molar-refractivity contribution in [2.45, 2.75) is 17.5 Å². The minimum Gasteiger partial charge on any atom is -0.503 e. The van der Waals surface area contributed by atoms with Gasteiger partial charge in [0.25, 0.3) is 5.91 Å². The Balaban J connectivity index is 1.76. The SMILES string of the molecule is COc1ccc(C2=C(O)C(=O)N(Cc3ccc(SC)cc3)C2c2ccc(Br)cc2)cc1. The second kappa shape index (κ2) is 9.20. The Morgan fingerprint density at radius 3 is 2.23 bits per heavy atom. The number of nitrogens with zero attached hydrogens (tertiary/aromatic N) is 1. The highest BCUT2D eigenvalue weighted by molar-refractivity contribution is 9.10. The number of carbonyl (C=O) groups is 1. The fraction of sp³-hybridized carbons (Fsp3) is 0.160. The fourth-order valence-corrected chi connectivity index (χ4v) is 4.47. The van der Waals surface area contributed by atoms with E-state index >= 15 is 0 Å². The summed E-state index contributed by atoms with van der Waals surface area (Å²) in [7, 11) is 1.61. The van der Waals surface area contributed by atoms with Crippen LogP contribution in [-0.2, 0) is 11.3 Å². The van der Waals surface area contributed by atoms with E-state index in [-0.39, 0.29) is 11.7 Å². The van der Waals surface area contributed by atoms with Crippen LogP contribution in [0.15, 0.2) is 87.9 Å². The van der Waals surface area contributed by atoms with Crippen LogP contribution in [0.5, 0.6) is 5.75 Å². The van der Waals surface area contributed by atoms with E-state index in [1.807, 2.05) is 79.1 Å². The first kappa shape index (κ1) is 21.5. The first-order valence-electron chi connectivity index (χ1n) is 9.78. The average molecular weight is 496 g/mol. The van der Waals surface area contributed by atoms with Gasteiger partial charge in [-0.15, -0.1) is 11.8 Å². The number of rotatable bonds is 6. The number of thioether (sulfide) groups is 1. The maximum atomic E-state index is 13.2. The van der Waals surface area contributed by atoms with Crippen LogP contribution >= 0.6 is 27.7 Å². The molecule has 0 saturated heterocycles. The number of aliphatic hydroxyl groups is 1. The molecule has 31 heavy (non-hydrogen) atoms. The lowest BCUT2D eigenvalue weighted by molar-refractivity contribution is -0.130. The van der Waals surface area contributed by atoms with Gasteiger partial charge in [-0.1, -0.05) is 52.3 Å². The zero-order chi connectivity index (χ0) is 22.0. The van der Waals surface area contributed by atoms with Gasteiger partial charge in [0, 0.05) is 21.5 Å². The summed E-state index contributed by atoms with van der Waals surface area (Å²) < 4.78 is 6.22. The molecule has 1 amide bonds. The van der Waals surface area contributed by atoms with Crippen LogP contribution in [0, 0.1) is 0 Å². The molecule has 3 aromatic rings. The third-order valence-corrected chi connectivity index (χ3v) is 6.67. The van der Waals surface area contributed by atoms with Crippen LogP contribution in [0.2, 0.25) is 0 Å². The molecule has 0 aliphatic carbocycles. The number of hydrogen-bond donors (Lipinski definition) is 1. The molecule has 0 spiro atoms. The molecular formula is C25H22BrNO3S. The largest absolute Gasteiger partial charge is 0.503 e. The standard InChI is InChI=1S/C25H22BrNO3S/c1-30-20-11-7-17(8-12-20)22-23(18-5-9-19(26)10-6-18)27(25(29)24(22)28)15-16-3-13-21(31-2)14-4-16/h3-14,23,28H,15H2,1-2H3. The number of methoxy groups -OCH3 is 1. The van der Waals surface area contributed by atoms with Crippen molar-refractivity contribution >= 4 is 39.2 Å². The van der Waals surface area contributed by atoms with Crippen LogP contribution in [0.1, 0.15) is 22.7 Å². The topological polar surface area (TPSA) is 49.8 Å². The molecule has 0 saturated carbocycles. The summed E-state index contributed by atoms with van der Waals surface area (Å²) in [4.78, 5) is 16.1. The highest BCUT2D eigenvalue weighted by Gasteiger charge is 2.41. The summed E-state index contributed by atoms with van der Waals surface area (Å²) in [5, 5.41) is 10.9. The first-order chi connectivity index (χ1) is 15.0. The van der Waals surface area contributed by atoms with Crippen LogP contribution in [-0.4, -0.2) is 29.3 Å². The van der Waals surface area contributed by atoms with Crippen LogP contribution in [0.3, 0.4) is 0 Å². The van der Waals surface area contributed by atoms with Crippen molar-refractivity contribution in [3.05, 3.63) is 99.7 Å². The zero-order valence-electron chi connectivity index (χ0n) is 17.2. The molecule has 4 nitrogen and oxygen atoms in total. The van der Waals surface area contributed by atoms with E-state index in [1.54, 1.807) is 23.8 Å². The maximum Gasteiger partial charge on any atom is 0.290 e. The third kappa shape index (κ3) is 4.36. The predicted octanol–water partition coefficient (Wildman–Crippen LogP) is 6.23. The lowest BCUT2D eigenvalue weighted by Gasteiger charge is -2.27. The summed E-state index contributed by atoms with van der Waals surface area (Å²) in [6.45, 7) is 0.401. The number of aliphatic hydroxyl groups excluding tert-OH is 1. The Bertz CT molecular complexity index is 1110. The second-order valence-corrected chi connectivity index (χ2v) is 9.02. The van der Waals surface area contributed by atoms with Crippen LogP contribution in [0.25, 0.3) is 5.57 Å². The Labute approximate surface area is 194 Å². The van der Waals surface area contributed by atoms with Gasteiger partial charge in [-0.3, -0.25) is 4.79 Å². The average Bonchev–Trinajstić information content (AvgIpc) is 3.05. The van der Waals surface area contributed by atoms with Crippen LogP contribution < -0.4 is 4.74 Å². The summed E-state index contributed by atoms with van der Waals surface area (Å²) in [5.74, 6) is 0.144.